The summed E-state index contributed by atoms with van der Waals surface area (Å²) in [5.41, 5.74) is 2.28. The van der Waals surface area contributed by atoms with Crippen molar-refractivity contribution in [3.8, 4) is 5.75 Å². The number of para-hydroxylation sites is 2. The van der Waals surface area contributed by atoms with Crippen LogP contribution in [0.5, 0.6) is 5.75 Å². The van der Waals surface area contributed by atoms with Gasteiger partial charge in [0.15, 0.2) is 6.61 Å². The molecule has 0 N–H and O–H groups in total. The monoisotopic (exact) mass is 375 g/mol. The van der Waals surface area contributed by atoms with E-state index in [1.54, 1.807) is 37.5 Å². The first-order chi connectivity index (χ1) is 13.6. The number of carbonyl (C=O) groups excluding carboxylic acids is 1. The quantitative estimate of drug-likeness (QED) is 0.499. The summed E-state index contributed by atoms with van der Waals surface area (Å²) in [6, 6.07) is 15.7. The van der Waals surface area contributed by atoms with Crippen LogP contribution >= 0.6 is 0 Å². The van der Waals surface area contributed by atoms with Crippen molar-refractivity contribution >= 4 is 27.9 Å². The Labute approximate surface area is 160 Å². The van der Waals surface area contributed by atoms with Crippen LogP contribution in [-0.2, 0) is 11.3 Å². The summed E-state index contributed by atoms with van der Waals surface area (Å²) in [5.74, 6) is 0.249. The largest absolute Gasteiger partial charge is 0.484 e. The zero-order valence-electron chi connectivity index (χ0n) is 15.2. The molecule has 2 aromatic carbocycles. The number of rotatable bonds is 5. The Balaban J connectivity index is 1.40. The fourth-order valence-corrected chi connectivity index (χ4v) is 2.79. The fraction of sp³-hybridized carbons (Fsp3) is 0.143. The molecule has 2 aromatic heterocycles. The van der Waals surface area contributed by atoms with Gasteiger partial charge in [-0.2, -0.15) is 0 Å². The average molecular weight is 375 g/mol. The maximum absolute atomic E-state index is 12.4. The highest BCUT2D eigenvalue weighted by Crippen LogP contribution is 2.19. The topological polar surface area (TPSA) is 85.5 Å². The highest BCUT2D eigenvalue weighted by Gasteiger charge is 2.12. The van der Waals surface area contributed by atoms with Gasteiger partial charge in [0.1, 0.15) is 11.3 Å². The van der Waals surface area contributed by atoms with Gasteiger partial charge in [0, 0.05) is 24.6 Å². The highest BCUT2D eigenvalue weighted by molar-refractivity contribution is 5.79. The van der Waals surface area contributed by atoms with Crippen molar-refractivity contribution < 1.29 is 13.9 Å². The Kier molecular flexibility index (Phi) is 4.72. The fourth-order valence-electron chi connectivity index (χ4n) is 2.79. The van der Waals surface area contributed by atoms with Crippen LogP contribution in [0.25, 0.3) is 22.0 Å². The molecule has 28 heavy (non-hydrogen) atoms. The average Bonchev–Trinajstić information content (AvgIpc) is 2.71. The van der Waals surface area contributed by atoms with Crippen molar-refractivity contribution in [2.75, 3.05) is 13.7 Å². The molecular formula is C21H17N3O4. The number of likely N-dealkylation sites (N-methyl/N-ethyl adjacent to an activating group) is 1. The van der Waals surface area contributed by atoms with Gasteiger partial charge in [-0.15, -0.1) is 0 Å². The highest BCUT2D eigenvalue weighted by atomic mass is 16.5. The minimum absolute atomic E-state index is 0.139. The molecule has 1 amide bonds. The molecule has 0 radical (unpaired) electrons. The third-order valence-corrected chi connectivity index (χ3v) is 4.28. The zero-order valence-corrected chi connectivity index (χ0v) is 15.2. The molecule has 4 rings (SSSR count). The molecule has 0 atom stereocenters. The smallest absolute Gasteiger partial charge is 0.336 e. The van der Waals surface area contributed by atoms with Crippen LogP contribution in [-0.4, -0.2) is 34.4 Å². The Morgan fingerprint density at radius 3 is 2.75 bits per heavy atom. The molecular weight excluding hydrogens is 358 g/mol. The predicted octanol–water partition coefficient (Wildman–Crippen LogP) is 2.77. The van der Waals surface area contributed by atoms with Crippen molar-refractivity contribution in [3.05, 3.63) is 76.9 Å². The van der Waals surface area contributed by atoms with E-state index in [4.69, 9.17) is 9.15 Å². The van der Waals surface area contributed by atoms with Gasteiger partial charge in [0.25, 0.3) is 5.91 Å². The van der Waals surface area contributed by atoms with Gasteiger partial charge >= 0.3 is 5.63 Å². The molecule has 0 saturated carbocycles. The van der Waals surface area contributed by atoms with Crippen LogP contribution in [0.1, 0.15) is 5.69 Å². The van der Waals surface area contributed by atoms with Gasteiger partial charge in [0.2, 0.25) is 0 Å². The molecule has 0 spiro atoms. The van der Waals surface area contributed by atoms with E-state index in [2.05, 4.69) is 9.97 Å². The van der Waals surface area contributed by atoms with Crippen molar-refractivity contribution in [3.63, 3.8) is 0 Å². The van der Waals surface area contributed by atoms with Crippen molar-refractivity contribution in [1.29, 1.82) is 0 Å². The van der Waals surface area contributed by atoms with Crippen LogP contribution < -0.4 is 10.4 Å². The maximum atomic E-state index is 12.4. The molecule has 0 bridgehead atoms. The van der Waals surface area contributed by atoms with E-state index in [9.17, 15) is 9.59 Å². The number of benzene rings is 2. The molecule has 7 nitrogen and oxygen atoms in total. The van der Waals surface area contributed by atoms with E-state index in [-0.39, 0.29) is 12.5 Å². The summed E-state index contributed by atoms with van der Waals surface area (Å²) in [6.45, 7) is 0.187. The number of hydrogen-bond acceptors (Lipinski definition) is 6. The number of fused-ring (bicyclic) bond motifs is 2. The Hall–Kier alpha value is -3.74. The van der Waals surface area contributed by atoms with Crippen molar-refractivity contribution in [1.82, 2.24) is 14.9 Å². The van der Waals surface area contributed by atoms with E-state index >= 15 is 0 Å². The maximum Gasteiger partial charge on any atom is 0.336 e. The van der Waals surface area contributed by atoms with Crippen molar-refractivity contribution in [2.45, 2.75) is 6.54 Å². The molecule has 0 unspecified atom stereocenters. The Morgan fingerprint density at radius 1 is 1.11 bits per heavy atom. The van der Waals surface area contributed by atoms with Gasteiger partial charge in [-0.3, -0.25) is 9.78 Å². The second kappa shape index (κ2) is 7.48. The van der Waals surface area contributed by atoms with Crippen molar-refractivity contribution in [2.24, 2.45) is 0 Å². The van der Waals surface area contributed by atoms with Crippen LogP contribution in [0.2, 0.25) is 0 Å². The van der Waals surface area contributed by atoms with E-state index in [0.717, 1.165) is 16.4 Å². The van der Waals surface area contributed by atoms with E-state index in [0.29, 0.717) is 23.6 Å². The number of hydrogen-bond donors (Lipinski definition) is 0. The lowest BCUT2D eigenvalue weighted by Crippen LogP contribution is -2.31. The number of amides is 1. The molecule has 0 fully saturated rings. The van der Waals surface area contributed by atoms with Crippen LogP contribution in [0, 0.1) is 0 Å². The number of aromatic nitrogens is 2. The molecule has 0 aliphatic carbocycles. The normalized spacial score (nSPS) is 10.9. The van der Waals surface area contributed by atoms with Crippen LogP contribution in [0.3, 0.4) is 0 Å². The summed E-state index contributed by atoms with van der Waals surface area (Å²) >= 11 is 0. The SMILES string of the molecule is CN(Cc1cnc2ccccc2n1)C(=O)COc1ccc2ccc(=O)oc2c1. The van der Waals surface area contributed by atoms with E-state index in [1.165, 1.54) is 11.0 Å². The second-order valence-corrected chi connectivity index (χ2v) is 6.34. The van der Waals surface area contributed by atoms with Crippen LogP contribution in [0.4, 0.5) is 0 Å². The first kappa shape index (κ1) is 17.7. The summed E-state index contributed by atoms with van der Waals surface area (Å²) < 4.78 is 10.7. The van der Waals surface area contributed by atoms with Gasteiger partial charge in [-0.25, -0.2) is 9.78 Å². The van der Waals surface area contributed by atoms with Gasteiger partial charge in [-0.1, -0.05) is 12.1 Å². The minimum Gasteiger partial charge on any atom is -0.484 e. The summed E-state index contributed by atoms with van der Waals surface area (Å²) in [6.07, 6.45) is 1.66. The molecule has 4 aromatic rings. The van der Waals surface area contributed by atoms with E-state index in [1.807, 2.05) is 24.3 Å². The minimum atomic E-state index is -0.433. The number of nitrogens with zero attached hydrogens (tertiary/aromatic N) is 3. The molecule has 0 aliphatic rings. The van der Waals surface area contributed by atoms with Crippen LogP contribution in [0.15, 0.2) is 70.0 Å². The first-order valence-electron chi connectivity index (χ1n) is 8.70. The lowest BCUT2D eigenvalue weighted by Gasteiger charge is -2.17. The Bertz CT molecular complexity index is 1220. The lowest BCUT2D eigenvalue weighted by molar-refractivity contribution is -0.132. The van der Waals surface area contributed by atoms with Gasteiger partial charge in [0.05, 0.1) is 29.5 Å². The predicted molar refractivity (Wildman–Crippen MR) is 104 cm³/mol. The summed E-state index contributed by atoms with van der Waals surface area (Å²) in [5, 5.41) is 0.783. The second-order valence-electron chi connectivity index (χ2n) is 6.34. The molecule has 7 heteroatoms. The number of ether oxygens (including phenoxy) is 1. The summed E-state index contributed by atoms with van der Waals surface area (Å²) in [7, 11) is 1.68. The molecule has 140 valence electrons. The van der Waals surface area contributed by atoms with Gasteiger partial charge in [-0.05, 0) is 30.3 Å². The van der Waals surface area contributed by atoms with Gasteiger partial charge < -0.3 is 14.1 Å². The zero-order chi connectivity index (χ0) is 19.5. The summed E-state index contributed by atoms with van der Waals surface area (Å²) in [4.78, 5) is 34.1. The first-order valence-corrected chi connectivity index (χ1v) is 8.70. The lowest BCUT2D eigenvalue weighted by atomic mass is 10.2. The molecule has 2 heterocycles. The number of carbonyl (C=O) groups is 1. The van der Waals surface area contributed by atoms with E-state index < -0.39 is 5.63 Å². The standard InChI is InChI=1S/C21H17N3O4/c1-24(12-15-11-22-17-4-2-3-5-18(17)23-15)20(25)13-27-16-8-6-14-7-9-21(26)28-19(14)10-16/h2-11H,12-13H2,1H3. The molecule has 0 aliphatic heterocycles. The third-order valence-electron chi connectivity index (χ3n) is 4.28. The third kappa shape index (κ3) is 3.83. The molecule has 0 saturated heterocycles. The Morgan fingerprint density at radius 2 is 1.89 bits per heavy atom.